The van der Waals surface area contributed by atoms with Crippen molar-refractivity contribution in [2.24, 2.45) is 4.99 Å². The first-order chi connectivity index (χ1) is 13.7. The fraction of sp³-hybridized carbons (Fsp3) is 0.409. The number of hydrogen-bond acceptors (Lipinski definition) is 4. The minimum Gasteiger partial charge on any atom is -0.490 e. The molecule has 158 valence electrons. The smallest absolute Gasteiger partial charge is 0.195 e. The predicted octanol–water partition coefficient (Wildman–Crippen LogP) is 4.11. The number of ether oxygens (including phenoxy) is 2. The zero-order chi connectivity index (χ0) is 19.8. The van der Waals surface area contributed by atoms with Gasteiger partial charge < -0.3 is 25.0 Å². The van der Waals surface area contributed by atoms with Gasteiger partial charge in [0.05, 0.1) is 13.2 Å². The van der Waals surface area contributed by atoms with Crippen molar-refractivity contribution < 1.29 is 9.47 Å². The molecule has 2 aromatic rings. The van der Waals surface area contributed by atoms with Gasteiger partial charge in [0.1, 0.15) is 0 Å². The molecule has 0 aliphatic carbocycles. The second-order valence-electron chi connectivity index (χ2n) is 6.91. The third-order valence-electron chi connectivity index (χ3n) is 4.68. The van der Waals surface area contributed by atoms with E-state index < -0.39 is 0 Å². The standard InChI is InChI=1S/C22H30N4O2.HI/c1-4-26(3)16-18-8-5-7-17(13-18)15-24-22(23-2)25-19-9-10-20-21(14-19)28-12-6-11-27-20;/h5,7-10,13-14H,4,6,11-12,15-16H2,1-3H3,(H2,23,24,25);1H. The van der Waals surface area contributed by atoms with Crippen LogP contribution < -0.4 is 20.1 Å². The molecular formula is C22H31IN4O2. The lowest BCUT2D eigenvalue weighted by atomic mass is 10.1. The van der Waals surface area contributed by atoms with E-state index in [0.717, 1.165) is 36.7 Å². The van der Waals surface area contributed by atoms with Gasteiger partial charge in [-0.1, -0.05) is 31.2 Å². The third kappa shape index (κ3) is 7.08. The number of fused-ring (bicyclic) bond motifs is 1. The molecule has 3 rings (SSSR count). The van der Waals surface area contributed by atoms with Crippen molar-refractivity contribution in [2.45, 2.75) is 26.4 Å². The van der Waals surface area contributed by atoms with E-state index in [-0.39, 0.29) is 24.0 Å². The Morgan fingerprint density at radius 3 is 2.59 bits per heavy atom. The highest BCUT2D eigenvalue weighted by atomic mass is 127. The zero-order valence-electron chi connectivity index (χ0n) is 17.4. The maximum atomic E-state index is 5.76. The number of guanidine groups is 1. The van der Waals surface area contributed by atoms with E-state index in [9.17, 15) is 0 Å². The first-order valence-electron chi connectivity index (χ1n) is 9.81. The van der Waals surface area contributed by atoms with E-state index in [1.54, 1.807) is 7.05 Å². The minimum atomic E-state index is 0. The molecule has 6 nitrogen and oxygen atoms in total. The molecule has 0 fully saturated rings. The Morgan fingerprint density at radius 1 is 1.07 bits per heavy atom. The molecule has 0 saturated carbocycles. The largest absolute Gasteiger partial charge is 0.490 e. The predicted molar refractivity (Wildman–Crippen MR) is 130 cm³/mol. The minimum absolute atomic E-state index is 0. The van der Waals surface area contributed by atoms with Crippen LogP contribution in [0.4, 0.5) is 5.69 Å². The molecule has 7 heteroatoms. The second kappa shape index (κ2) is 11.9. The Morgan fingerprint density at radius 2 is 1.83 bits per heavy atom. The van der Waals surface area contributed by atoms with Crippen LogP contribution in [0.25, 0.3) is 0 Å². The van der Waals surface area contributed by atoms with Crippen LogP contribution in [-0.4, -0.2) is 44.7 Å². The second-order valence-corrected chi connectivity index (χ2v) is 6.91. The van der Waals surface area contributed by atoms with E-state index in [1.165, 1.54) is 11.1 Å². The number of benzene rings is 2. The zero-order valence-corrected chi connectivity index (χ0v) is 19.7. The van der Waals surface area contributed by atoms with E-state index in [2.05, 4.69) is 58.8 Å². The van der Waals surface area contributed by atoms with Crippen LogP contribution >= 0.6 is 24.0 Å². The molecule has 1 heterocycles. The molecule has 1 aliphatic heterocycles. The van der Waals surface area contributed by atoms with Gasteiger partial charge in [0.25, 0.3) is 0 Å². The number of nitrogens with one attached hydrogen (secondary N) is 2. The van der Waals surface area contributed by atoms with Crippen molar-refractivity contribution in [1.82, 2.24) is 10.2 Å². The number of rotatable bonds is 6. The molecule has 2 aromatic carbocycles. The van der Waals surface area contributed by atoms with Gasteiger partial charge in [-0.25, -0.2) is 0 Å². The van der Waals surface area contributed by atoms with Crippen LogP contribution in [0.1, 0.15) is 24.5 Å². The topological polar surface area (TPSA) is 58.1 Å². The average Bonchev–Trinajstić information content (AvgIpc) is 2.96. The molecule has 0 bridgehead atoms. The fourth-order valence-corrected chi connectivity index (χ4v) is 3.00. The Balaban J connectivity index is 0.00000300. The molecule has 0 aromatic heterocycles. The highest BCUT2D eigenvalue weighted by Gasteiger charge is 2.11. The highest BCUT2D eigenvalue weighted by molar-refractivity contribution is 14.0. The number of aliphatic imine (C=N–C) groups is 1. The average molecular weight is 510 g/mol. The molecule has 2 N–H and O–H groups in total. The molecule has 29 heavy (non-hydrogen) atoms. The Labute approximate surface area is 190 Å². The van der Waals surface area contributed by atoms with E-state index >= 15 is 0 Å². The normalized spacial score (nSPS) is 13.4. The molecule has 0 amide bonds. The quantitative estimate of drug-likeness (QED) is 0.348. The fourth-order valence-electron chi connectivity index (χ4n) is 3.00. The van der Waals surface area contributed by atoms with Crippen molar-refractivity contribution in [3.63, 3.8) is 0 Å². The Hall–Kier alpha value is -2.00. The first-order valence-corrected chi connectivity index (χ1v) is 9.81. The van der Waals surface area contributed by atoms with Crippen LogP contribution in [0.2, 0.25) is 0 Å². The SMILES string of the molecule is CCN(C)Cc1cccc(CNC(=NC)Nc2ccc3c(c2)OCCCO3)c1.I. The third-order valence-corrected chi connectivity index (χ3v) is 4.68. The van der Waals surface area contributed by atoms with Gasteiger partial charge in [0.2, 0.25) is 0 Å². The number of halogens is 1. The first kappa shape index (κ1) is 23.3. The van der Waals surface area contributed by atoms with E-state index in [0.29, 0.717) is 25.7 Å². The van der Waals surface area contributed by atoms with Crippen LogP contribution in [-0.2, 0) is 13.1 Å². The molecule has 0 unspecified atom stereocenters. The van der Waals surface area contributed by atoms with E-state index in [1.807, 2.05) is 18.2 Å². The number of hydrogen-bond donors (Lipinski definition) is 2. The van der Waals surface area contributed by atoms with Crippen molar-refractivity contribution in [2.75, 3.05) is 39.2 Å². The molecule has 1 aliphatic rings. The Kier molecular flexibility index (Phi) is 9.53. The maximum Gasteiger partial charge on any atom is 0.195 e. The van der Waals surface area contributed by atoms with Gasteiger partial charge in [-0.3, -0.25) is 4.99 Å². The summed E-state index contributed by atoms with van der Waals surface area (Å²) in [7, 11) is 3.90. The van der Waals surface area contributed by atoms with Crippen molar-refractivity contribution in [3.05, 3.63) is 53.6 Å². The molecule has 0 spiro atoms. The Bertz CT molecular complexity index is 813. The van der Waals surface area contributed by atoms with Gasteiger partial charge in [0, 0.05) is 38.3 Å². The van der Waals surface area contributed by atoms with Gasteiger partial charge in [-0.05, 0) is 36.9 Å². The lowest BCUT2D eigenvalue weighted by Gasteiger charge is -2.16. The number of anilines is 1. The molecule has 0 saturated heterocycles. The lowest BCUT2D eigenvalue weighted by molar-refractivity contribution is 0.297. The van der Waals surface area contributed by atoms with Crippen LogP contribution in [0.5, 0.6) is 11.5 Å². The molecule has 0 radical (unpaired) electrons. The highest BCUT2D eigenvalue weighted by Crippen LogP contribution is 2.32. The lowest BCUT2D eigenvalue weighted by Crippen LogP contribution is -2.30. The van der Waals surface area contributed by atoms with Crippen molar-refractivity contribution in [3.8, 4) is 11.5 Å². The number of nitrogens with zero attached hydrogens (tertiary/aromatic N) is 2. The summed E-state index contributed by atoms with van der Waals surface area (Å²) < 4.78 is 11.4. The molecule has 0 atom stereocenters. The molecular weight excluding hydrogens is 479 g/mol. The van der Waals surface area contributed by atoms with Crippen molar-refractivity contribution >= 4 is 35.6 Å². The van der Waals surface area contributed by atoms with Crippen LogP contribution in [0, 0.1) is 0 Å². The summed E-state index contributed by atoms with van der Waals surface area (Å²) >= 11 is 0. The maximum absolute atomic E-state index is 5.76. The van der Waals surface area contributed by atoms with Crippen LogP contribution in [0.15, 0.2) is 47.5 Å². The summed E-state index contributed by atoms with van der Waals surface area (Å²) in [4.78, 5) is 6.62. The summed E-state index contributed by atoms with van der Waals surface area (Å²) in [5.41, 5.74) is 3.45. The van der Waals surface area contributed by atoms with Gasteiger partial charge >= 0.3 is 0 Å². The summed E-state index contributed by atoms with van der Waals surface area (Å²) in [6.45, 7) is 6.22. The van der Waals surface area contributed by atoms with Gasteiger partial charge in [-0.2, -0.15) is 0 Å². The van der Waals surface area contributed by atoms with Crippen molar-refractivity contribution in [1.29, 1.82) is 0 Å². The summed E-state index contributed by atoms with van der Waals surface area (Å²) in [6, 6.07) is 14.5. The van der Waals surface area contributed by atoms with Gasteiger partial charge in [0.15, 0.2) is 17.5 Å². The summed E-state index contributed by atoms with van der Waals surface area (Å²) in [5, 5.41) is 6.69. The summed E-state index contributed by atoms with van der Waals surface area (Å²) in [5.74, 6) is 2.27. The van der Waals surface area contributed by atoms with E-state index in [4.69, 9.17) is 9.47 Å². The van der Waals surface area contributed by atoms with Gasteiger partial charge in [-0.15, -0.1) is 24.0 Å². The monoisotopic (exact) mass is 510 g/mol. The summed E-state index contributed by atoms with van der Waals surface area (Å²) in [6.07, 6.45) is 0.897. The van der Waals surface area contributed by atoms with Crippen LogP contribution in [0.3, 0.4) is 0 Å².